The van der Waals surface area contributed by atoms with E-state index < -0.39 is 0 Å². The number of hydrogen-bond acceptors (Lipinski definition) is 1. The van der Waals surface area contributed by atoms with Crippen molar-refractivity contribution in [1.29, 1.82) is 0 Å². The topological polar surface area (TPSA) is 9.23 Å². The smallest absolute Gasteiger partial charge is 0.122 e. The predicted molar refractivity (Wildman–Crippen MR) is 85.2 cm³/mol. The molecule has 1 aliphatic carbocycles. The zero-order chi connectivity index (χ0) is 13.5. The zero-order valence-electron chi connectivity index (χ0n) is 11.9. The Labute approximate surface area is 125 Å². The van der Waals surface area contributed by atoms with Crippen LogP contribution in [0.15, 0.2) is 24.3 Å². The minimum absolute atomic E-state index is 0.576. The first-order chi connectivity index (χ1) is 9.29. The summed E-state index contributed by atoms with van der Waals surface area (Å²) in [6.07, 6.45) is 11.0. The highest BCUT2D eigenvalue weighted by Crippen LogP contribution is 2.30. The maximum absolute atomic E-state index is 5.44. The standard InChI is InChI=1S/C17H25BrO/c1-19-17-11-7-6-10-15(17)13-16(18)12-14-8-4-2-3-5-9-14/h6-7,10-11,14,16H,2-5,8-9,12-13H2,1H3. The van der Waals surface area contributed by atoms with Crippen LogP contribution >= 0.6 is 15.9 Å². The van der Waals surface area contributed by atoms with E-state index in [2.05, 4.69) is 34.1 Å². The molecule has 1 aromatic rings. The Morgan fingerprint density at radius 1 is 1.16 bits per heavy atom. The molecule has 1 atom stereocenters. The van der Waals surface area contributed by atoms with Gasteiger partial charge in [-0.3, -0.25) is 0 Å². The summed E-state index contributed by atoms with van der Waals surface area (Å²) in [6, 6.07) is 8.38. The van der Waals surface area contributed by atoms with Gasteiger partial charge in [0.05, 0.1) is 7.11 Å². The van der Waals surface area contributed by atoms with Crippen molar-refractivity contribution in [2.45, 2.75) is 56.2 Å². The van der Waals surface area contributed by atoms with Crippen molar-refractivity contribution in [3.63, 3.8) is 0 Å². The van der Waals surface area contributed by atoms with E-state index in [0.717, 1.165) is 18.1 Å². The molecule has 1 aliphatic rings. The fourth-order valence-corrected chi connectivity index (χ4v) is 4.03. The molecule has 0 radical (unpaired) electrons. The van der Waals surface area contributed by atoms with Gasteiger partial charge in [-0.15, -0.1) is 0 Å². The van der Waals surface area contributed by atoms with Gasteiger partial charge in [-0.1, -0.05) is 72.7 Å². The van der Waals surface area contributed by atoms with Gasteiger partial charge in [0.15, 0.2) is 0 Å². The van der Waals surface area contributed by atoms with Crippen molar-refractivity contribution in [2.24, 2.45) is 5.92 Å². The third-order valence-electron chi connectivity index (χ3n) is 4.20. The van der Waals surface area contributed by atoms with Crippen LogP contribution in [-0.4, -0.2) is 11.9 Å². The lowest BCUT2D eigenvalue weighted by Crippen LogP contribution is -2.11. The Morgan fingerprint density at radius 2 is 1.84 bits per heavy atom. The molecule has 0 spiro atoms. The third-order valence-corrected chi connectivity index (χ3v) is 4.90. The molecule has 1 aromatic carbocycles. The molecule has 2 heteroatoms. The summed E-state index contributed by atoms with van der Waals surface area (Å²) in [5.74, 6) is 1.94. The molecule has 1 nitrogen and oxygen atoms in total. The Balaban J connectivity index is 1.87. The van der Waals surface area contributed by atoms with Gasteiger partial charge in [-0.25, -0.2) is 0 Å². The number of para-hydroxylation sites is 1. The summed E-state index contributed by atoms with van der Waals surface area (Å²) < 4.78 is 5.44. The monoisotopic (exact) mass is 324 g/mol. The summed E-state index contributed by atoms with van der Waals surface area (Å²) in [5.41, 5.74) is 1.32. The summed E-state index contributed by atoms with van der Waals surface area (Å²) >= 11 is 3.88. The molecule has 1 fully saturated rings. The van der Waals surface area contributed by atoms with Gasteiger partial charge in [-0.05, 0) is 30.4 Å². The highest BCUT2D eigenvalue weighted by atomic mass is 79.9. The molecule has 0 N–H and O–H groups in total. The third kappa shape index (κ3) is 4.83. The summed E-state index contributed by atoms with van der Waals surface area (Å²) in [6.45, 7) is 0. The van der Waals surface area contributed by atoms with Gasteiger partial charge in [0.2, 0.25) is 0 Å². The Bertz CT molecular complexity index is 369. The average molecular weight is 325 g/mol. The number of ether oxygens (including phenoxy) is 1. The number of alkyl halides is 1. The van der Waals surface area contributed by atoms with Crippen LogP contribution < -0.4 is 4.74 Å². The molecule has 1 unspecified atom stereocenters. The van der Waals surface area contributed by atoms with E-state index in [1.807, 2.05) is 6.07 Å². The van der Waals surface area contributed by atoms with E-state index in [1.165, 1.54) is 50.5 Å². The predicted octanol–water partition coefficient (Wildman–Crippen LogP) is 5.36. The minimum Gasteiger partial charge on any atom is -0.496 e. The number of rotatable bonds is 5. The Morgan fingerprint density at radius 3 is 2.53 bits per heavy atom. The van der Waals surface area contributed by atoms with E-state index in [1.54, 1.807) is 7.11 Å². The van der Waals surface area contributed by atoms with Crippen molar-refractivity contribution < 1.29 is 4.74 Å². The fourth-order valence-electron chi connectivity index (χ4n) is 3.15. The van der Waals surface area contributed by atoms with Crippen LogP contribution in [0.5, 0.6) is 5.75 Å². The molecular formula is C17H25BrO. The SMILES string of the molecule is COc1ccccc1CC(Br)CC1CCCCCC1. The first-order valence-electron chi connectivity index (χ1n) is 7.55. The first kappa shape index (κ1) is 14.9. The van der Waals surface area contributed by atoms with E-state index in [4.69, 9.17) is 4.74 Å². The van der Waals surface area contributed by atoms with Crippen LogP contribution in [0.2, 0.25) is 0 Å². The van der Waals surface area contributed by atoms with Gasteiger partial charge in [0.1, 0.15) is 5.75 Å². The van der Waals surface area contributed by atoms with Crippen molar-refractivity contribution in [2.75, 3.05) is 7.11 Å². The maximum atomic E-state index is 5.44. The van der Waals surface area contributed by atoms with Crippen molar-refractivity contribution in [3.8, 4) is 5.75 Å². The van der Waals surface area contributed by atoms with Gasteiger partial charge in [0.25, 0.3) is 0 Å². The fraction of sp³-hybridized carbons (Fsp3) is 0.647. The largest absolute Gasteiger partial charge is 0.496 e. The van der Waals surface area contributed by atoms with Gasteiger partial charge < -0.3 is 4.74 Å². The van der Waals surface area contributed by atoms with Crippen LogP contribution in [0.1, 0.15) is 50.5 Å². The van der Waals surface area contributed by atoms with E-state index in [9.17, 15) is 0 Å². The van der Waals surface area contributed by atoms with Gasteiger partial charge in [-0.2, -0.15) is 0 Å². The molecule has 2 rings (SSSR count). The maximum Gasteiger partial charge on any atom is 0.122 e. The van der Waals surface area contributed by atoms with Gasteiger partial charge in [0, 0.05) is 4.83 Å². The lowest BCUT2D eigenvalue weighted by molar-refractivity contribution is 0.403. The van der Waals surface area contributed by atoms with Crippen molar-refractivity contribution >= 4 is 15.9 Å². The number of methoxy groups -OCH3 is 1. The molecule has 1 saturated carbocycles. The van der Waals surface area contributed by atoms with E-state index >= 15 is 0 Å². The van der Waals surface area contributed by atoms with Gasteiger partial charge >= 0.3 is 0 Å². The van der Waals surface area contributed by atoms with E-state index in [0.29, 0.717) is 4.83 Å². The second kappa shape index (κ2) is 7.94. The average Bonchev–Trinajstić information content (AvgIpc) is 2.68. The first-order valence-corrected chi connectivity index (χ1v) is 8.47. The number of halogens is 1. The molecule has 0 bridgehead atoms. The molecule has 0 heterocycles. The molecule has 0 saturated heterocycles. The molecule has 0 aromatic heterocycles. The highest BCUT2D eigenvalue weighted by molar-refractivity contribution is 9.09. The highest BCUT2D eigenvalue weighted by Gasteiger charge is 2.17. The molecule has 19 heavy (non-hydrogen) atoms. The molecule has 0 amide bonds. The summed E-state index contributed by atoms with van der Waals surface area (Å²) in [4.78, 5) is 0.576. The van der Waals surface area contributed by atoms with Crippen LogP contribution in [0.4, 0.5) is 0 Å². The number of benzene rings is 1. The Kier molecular flexibility index (Phi) is 6.22. The second-order valence-electron chi connectivity index (χ2n) is 5.71. The Hall–Kier alpha value is -0.500. The van der Waals surface area contributed by atoms with E-state index in [-0.39, 0.29) is 0 Å². The summed E-state index contributed by atoms with van der Waals surface area (Å²) in [7, 11) is 1.76. The summed E-state index contributed by atoms with van der Waals surface area (Å²) in [5, 5.41) is 0. The van der Waals surface area contributed by atoms with Crippen LogP contribution in [0, 0.1) is 5.92 Å². The van der Waals surface area contributed by atoms with Crippen LogP contribution in [-0.2, 0) is 6.42 Å². The van der Waals surface area contributed by atoms with Crippen molar-refractivity contribution in [3.05, 3.63) is 29.8 Å². The van der Waals surface area contributed by atoms with Crippen LogP contribution in [0.25, 0.3) is 0 Å². The number of hydrogen-bond donors (Lipinski definition) is 0. The quantitative estimate of drug-likeness (QED) is 0.523. The second-order valence-corrected chi connectivity index (χ2v) is 7.00. The molecular weight excluding hydrogens is 300 g/mol. The molecule has 106 valence electrons. The molecule has 0 aliphatic heterocycles. The minimum atomic E-state index is 0.576. The lowest BCUT2D eigenvalue weighted by Gasteiger charge is -2.19. The van der Waals surface area contributed by atoms with Crippen LogP contribution in [0.3, 0.4) is 0 Å². The van der Waals surface area contributed by atoms with Crippen molar-refractivity contribution in [1.82, 2.24) is 0 Å². The zero-order valence-corrected chi connectivity index (χ0v) is 13.5. The lowest BCUT2D eigenvalue weighted by atomic mass is 9.93. The normalized spacial score (nSPS) is 18.8.